The molecule has 0 radical (unpaired) electrons. The molecule has 8 heteroatoms. The number of carbonyl (C=O) groups excluding carboxylic acids is 1. The highest BCUT2D eigenvalue weighted by atomic mass is 16.9. The predicted molar refractivity (Wildman–Crippen MR) is 84.2 cm³/mol. The van der Waals surface area contributed by atoms with E-state index >= 15 is 0 Å². The Balaban J connectivity index is 2.09. The number of phenolic OH excluding ortho intramolecular Hbond substituents is 1. The number of amides is 1. The molecule has 1 amide bonds. The Morgan fingerprint density at radius 2 is 1.91 bits per heavy atom. The molecule has 0 aromatic heterocycles. The van der Waals surface area contributed by atoms with Crippen molar-refractivity contribution >= 4 is 5.91 Å². The molecular formula is C15H23N3O5. The molecule has 1 atom stereocenters. The van der Waals surface area contributed by atoms with Gasteiger partial charge in [0.1, 0.15) is 5.75 Å². The first-order chi connectivity index (χ1) is 11.0. The number of nitrogens with one attached hydrogen (secondary N) is 1. The number of nitrogens with two attached hydrogens (primary N) is 1. The van der Waals surface area contributed by atoms with E-state index in [1.165, 1.54) is 0 Å². The van der Waals surface area contributed by atoms with Crippen molar-refractivity contribution in [3.05, 3.63) is 39.9 Å². The highest BCUT2D eigenvalue weighted by Gasteiger charge is 2.13. The first-order valence-electron chi connectivity index (χ1n) is 7.57. The Morgan fingerprint density at radius 1 is 1.26 bits per heavy atom. The maximum absolute atomic E-state index is 11.8. The van der Waals surface area contributed by atoms with Crippen molar-refractivity contribution in [2.45, 2.75) is 38.1 Å². The van der Waals surface area contributed by atoms with Crippen LogP contribution in [0.3, 0.4) is 0 Å². The van der Waals surface area contributed by atoms with E-state index in [2.05, 4.69) is 10.2 Å². The summed E-state index contributed by atoms with van der Waals surface area (Å²) in [6, 6.07) is 5.95. The summed E-state index contributed by atoms with van der Waals surface area (Å²) in [5, 5.41) is 21.1. The molecule has 1 unspecified atom stereocenters. The second kappa shape index (κ2) is 10.4. The Kier molecular flexibility index (Phi) is 8.45. The van der Waals surface area contributed by atoms with Crippen LogP contribution >= 0.6 is 0 Å². The first-order valence-corrected chi connectivity index (χ1v) is 7.57. The lowest BCUT2D eigenvalue weighted by Crippen LogP contribution is -2.42. The maximum atomic E-state index is 11.8. The summed E-state index contributed by atoms with van der Waals surface area (Å²) in [6.07, 6.45) is 3.48. The second-order valence-corrected chi connectivity index (χ2v) is 5.24. The van der Waals surface area contributed by atoms with Gasteiger partial charge in [0.2, 0.25) is 5.91 Å². The summed E-state index contributed by atoms with van der Waals surface area (Å²) in [5.74, 6) is -0.0369. The third kappa shape index (κ3) is 8.62. The van der Waals surface area contributed by atoms with Crippen LogP contribution in [0.2, 0.25) is 0 Å². The second-order valence-electron chi connectivity index (χ2n) is 5.24. The smallest absolute Gasteiger partial charge is 0.294 e. The molecular weight excluding hydrogens is 302 g/mol. The monoisotopic (exact) mass is 325 g/mol. The van der Waals surface area contributed by atoms with E-state index in [0.29, 0.717) is 19.4 Å². The maximum Gasteiger partial charge on any atom is 0.294 e. The van der Waals surface area contributed by atoms with Gasteiger partial charge in [0.05, 0.1) is 12.6 Å². The lowest BCUT2D eigenvalue weighted by atomic mass is 10.1. The summed E-state index contributed by atoms with van der Waals surface area (Å²) in [5.41, 5.74) is 6.73. The number of phenols is 1. The molecule has 0 saturated heterocycles. The van der Waals surface area contributed by atoms with Gasteiger partial charge in [-0.05, 0) is 37.0 Å². The molecule has 0 fully saturated rings. The van der Waals surface area contributed by atoms with Crippen LogP contribution in [0.4, 0.5) is 0 Å². The van der Waals surface area contributed by atoms with E-state index in [4.69, 9.17) is 5.73 Å². The van der Waals surface area contributed by atoms with Gasteiger partial charge in [-0.15, -0.1) is 10.1 Å². The number of benzene rings is 1. The number of rotatable bonds is 11. The van der Waals surface area contributed by atoms with Gasteiger partial charge in [-0.1, -0.05) is 25.0 Å². The average Bonchev–Trinajstić information content (AvgIpc) is 2.51. The minimum absolute atomic E-state index is 0.108. The van der Waals surface area contributed by atoms with Crippen molar-refractivity contribution in [3.8, 4) is 5.75 Å². The van der Waals surface area contributed by atoms with E-state index in [0.717, 1.165) is 24.8 Å². The van der Waals surface area contributed by atoms with E-state index in [-0.39, 0.29) is 18.3 Å². The zero-order chi connectivity index (χ0) is 17.1. The van der Waals surface area contributed by atoms with E-state index in [1.807, 2.05) is 0 Å². The predicted octanol–water partition coefficient (Wildman–Crippen LogP) is 1.15. The molecule has 8 nitrogen and oxygen atoms in total. The quantitative estimate of drug-likeness (QED) is 0.318. The minimum atomic E-state index is -0.796. The molecule has 23 heavy (non-hydrogen) atoms. The standard InChI is InChI=1S/C15H23N3O5/c16-14(11-12-5-7-13(19)8-6-12)15(20)17-9-3-1-2-4-10-23-18(21)22/h5-8,14,19H,1-4,9-11,16H2,(H,17,20). The van der Waals surface area contributed by atoms with Gasteiger partial charge < -0.3 is 21.0 Å². The lowest BCUT2D eigenvalue weighted by Gasteiger charge is -2.12. The molecule has 1 aromatic carbocycles. The normalized spacial score (nSPS) is 11.7. The molecule has 0 aliphatic heterocycles. The zero-order valence-electron chi connectivity index (χ0n) is 12.9. The Labute approximate surface area is 134 Å². The molecule has 0 bridgehead atoms. The van der Waals surface area contributed by atoms with Gasteiger partial charge in [0.25, 0.3) is 5.09 Å². The number of unbranched alkanes of at least 4 members (excludes halogenated alkanes) is 3. The molecule has 0 aliphatic rings. The fourth-order valence-electron chi connectivity index (χ4n) is 2.04. The molecule has 0 aliphatic carbocycles. The van der Waals surface area contributed by atoms with Crippen LogP contribution in [0, 0.1) is 10.1 Å². The fourth-order valence-corrected chi connectivity index (χ4v) is 2.04. The number of hydrogen-bond acceptors (Lipinski definition) is 6. The third-order valence-corrected chi connectivity index (χ3v) is 3.30. The summed E-state index contributed by atoms with van der Waals surface area (Å²) < 4.78 is 0. The van der Waals surface area contributed by atoms with Crippen molar-refractivity contribution in [2.24, 2.45) is 5.73 Å². The summed E-state index contributed by atoms with van der Waals surface area (Å²) in [7, 11) is 0. The van der Waals surface area contributed by atoms with E-state index in [9.17, 15) is 20.0 Å². The van der Waals surface area contributed by atoms with E-state index < -0.39 is 11.1 Å². The van der Waals surface area contributed by atoms with Gasteiger partial charge in [-0.3, -0.25) is 4.79 Å². The van der Waals surface area contributed by atoms with Gasteiger partial charge in [0, 0.05) is 6.54 Å². The molecule has 128 valence electrons. The van der Waals surface area contributed by atoms with Crippen LogP contribution in [-0.2, 0) is 16.1 Å². The topological polar surface area (TPSA) is 128 Å². The van der Waals surface area contributed by atoms with Crippen LogP contribution in [0.5, 0.6) is 5.75 Å². The SMILES string of the molecule is NC(Cc1ccc(O)cc1)C(=O)NCCCCCCO[N+](=O)[O-]. The Hall–Kier alpha value is -2.35. The average molecular weight is 325 g/mol. The molecule has 1 rings (SSSR count). The fraction of sp³-hybridized carbons (Fsp3) is 0.533. The molecule has 4 N–H and O–H groups in total. The third-order valence-electron chi connectivity index (χ3n) is 3.30. The molecule has 0 heterocycles. The van der Waals surface area contributed by atoms with Crippen molar-refractivity contribution in [1.82, 2.24) is 5.32 Å². The highest BCUT2D eigenvalue weighted by molar-refractivity contribution is 5.81. The number of carbonyl (C=O) groups is 1. The Bertz CT molecular complexity index is 492. The number of hydrogen-bond donors (Lipinski definition) is 3. The zero-order valence-corrected chi connectivity index (χ0v) is 12.9. The van der Waals surface area contributed by atoms with Gasteiger partial charge in [-0.2, -0.15) is 0 Å². The molecule has 0 saturated carbocycles. The number of nitrogens with zero attached hydrogens (tertiary/aromatic N) is 1. The van der Waals surface area contributed by atoms with Crippen LogP contribution in [0.25, 0.3) is 0 Å². The summed E-state index contributed by atoms with van der Waals surface area (Å²) >= 11 is 0. The van der Waals surface area contributed by atoms with Crippen molar-refractivity contribution < 1.29 is 19.8 Å². The highest BCUT2D eigenvalue weighted by Crippen LogP contribution is 2.10. The summed E-state index contributed by atoms with van der Waals surface area (Å²) in [4.78, 5) is 26.0. The van der Waals surface area contributed by atoms with Gasteiger partial charge in [-0.25, -0.2) is 0 Å². The summed E-state index contributed by atoms with van der Waals surface area (Å²) in [6.45, 7) is 0.634. The van der Waals surface area contributed by atoms with E-state index in [1.54, 1.807) is 24.3 Å². The van der Waals surface area contributed by atoms with Crippen molar-refractivity contribution in [1.29, 1.82) is 0 Å². The lowest BCUT2D eigenvalue weighted by molar-refractivity contribution is -0.757. The van der Waals surface area contributed by atoms with Gasteiger partial charge >= 0.3 is 0 Å². The van der Waals surface area contributed by atoms with Gasteiger partial charge in [0.15, 0.2) is 0 Å². The van der Waals surface area contributed by atoms with Crippen molar-refractivity contribution in [2.75, 3.05) is 13.2 Å². The molecule has 1 aromatic rings. The molecule has 0 spiro atoms. The van der Waals surface area contributed by atoms with Crippen LogP contribution in [0.15, 0.2) is 24.3 Å². The van der Waals surface area contributed by atoms with Crippen LogP contribution in [0.1, 0.15) is 31.2 Å². The van der Waals surface area contributed by atoms with Crippen LogP contribution < -0.4 is 11.1 Å². The Morgan fingerprint density at radius 3 is 2.57 bits per heavy atom. The minimum Gasteiger partial charge on any atom is -0.508 e. The van der Waals surface area contributed by atoms with Crippen molar-refractivity contribution in [3.63, 3.8) is 0 Å². The number of aromatic hydroxyl groups is 1. The largest absolute Gasteiger partial charge is 0.508 e. The van der Waals surface area contributed by atoms with Crippen LogP contribution in [-0.4, -0.2) is 35.3 Å². The first kappa shape index (κ1) is 18.7.